The molecule has 0 fully saturated rings. The largest absolute Gasteiger partial charge is 0.495 e. The van der Waals surface area contributed by atoms with Gasteiger partial charge in [-0.2, -0.15) is 0 Å². The Morgan fingerprint density at radius 2 is 1.95 bits per heavy atom. The normalized spacial score (nSPS) is 11.9. The molecule has 0 aliphatic carbocycles. The van der Waals surface area contributed by atoms with Crippen molar-refractivity contribution in [2.45, 2.75) is 12.5 Å². The lowest BCUT2D eigenvalue weighted by molar-refractivity contribution is 0.133. The number of aliphatic hydroxyl groups is 1. The molecule has 1 aromatic carbocycles. The van der Waals surface area contributed by atoms with Gasteiger partial charge in [0.15, 0.2) is 0 Å². The molecule has 0 aliphatic heterocycles. The maximum absolute atomic E-state index is 10.1. The Morgan fingerprint density at radius 3 is 2.68 bits per heavy atom. The highest BCUT2D eigenvalue weighted by atomic mass is 16.5. The summed E-state index contributed by atoms with van der Waals surface area (Å²) in [6.07, 6.45) is 1.40. The van der Waals surface area contributed by atoms with Crippen molar-refractivity contribution in [1.82, 2.24) is 4.98 Å². The minimum Gasteiger partial charge on any atom is -0.495 e. The third-order valence-electron chi connectivity index (χ3n) is 2.74. The van der Waals surface area contributed by atoms with Crippen molar-refractivity contribution in [3.8, 4) is 11.5 Å². The van der Waals surface area contributed by atoms with E-state index in [0.717, 1.165) is 5.75 Å². The molecule has 1 unspecified atom stereocenters. The summed E-state index contributed by atoms with van der Waals surface area (Å²) in [5.74, 6) is 1.39. The molecule has 0 saturated heterocycles. The third-order valence-corrected chi connectivity index (χ3v) is 2.74. The molecule has 4 nitrogen and oxygen atoms in total. The van der Waals surface area contributed by atoms with E-state index in [2.05, 4.69) is 4.98 Å². The lowest BCUT2D eigenvalue weighted by Crippen LogP contribution is -2.08. The molecule has 0 saturated carbocycles. The van der Waals surface area contributed by atoms with E-state index >= 15 is 0 Å². The lowest BCUT2D eigenvalue weighted by Gasteiger charge is -2.13. The van der Waals surface area contributed by atoms with Crippen molar-refractivity contribution in [3.05, 3.63) is 54.4 Å². The van der Waals surface area contributed by atoms with Gasteiger partial charge in [-0.1, -0.05) is 18.2 Å². The molecule has 0 bridgehead atoms. The molecule has 0 spiro atoms. The van der Waals surface area contributed by atoms with Gasteiger partial charge in [0.1, 0.15) is 23.3 Å². The number of hydrogen-bond donors (Lipinski definition) is 1. The predicted molar refractivity (Wildman–Crippen MR) is 72.3 cm³/mol. The van der Waals surface area contributed by atoms with Crippen LogP contribution in [0, 0.1) is 0 Å². The molecule has 0 amide bonds. The summed E-state index contributed by atoms with van der Waals surface area (Å²) < 4.78 is 10.7. The second-order valence-corrected chi connectivity index (χ2v) is 4.06. The molecule has 4 heteroatoms. The maximum atomic E-state index is 10.1. The Hall–Kier alpha value is -2.07. The molecule has 100 valence electrons. The fourth-order valence-electron chi connectivity index (χ4n) is 1.77. The third kappa shape index (κ3) is 3.69. The Morgan fingerprint density at radius 1 is 1.16 bits per heavy atom. The van der Waals surface area contributed by atoms with Crippen LogP contribution in [0.2, 0.25) is 0 Å². The number of aliphatic hydroxyl groups excluding tert-OH is 1. The van der Waals surface area contributed by atoms with Gasteiger partial charge in [-0.15, -0.1) is 0 Å². The molecule has 1 heterocycles. The topological polar surface area (TPSA) is 51.6 Å². The van der Waals surface area contributed by atoms with Crippen LogP contribution in [0.15, 0.2) is 48.7 Å². The summed E-state index contributed by atoms with van der Waals surface area (Å²) in [7, 11) is 1.56. The van der Waals surface area contributed by atoms with E-state index in [1.165, 1.54) is 0 Å². The molecule has 2 rings (SSSR count). The number of para-hydroxylation sites is 1. The smallest absolute Gasteiger partial charge is 0.143 e. The van der Waals surface area contributed by atoms with E-state index in [1.54, 1.807) is 25.4 Å². The lowest BCUT2D eigenvalue weighted by atomic mass is 10.1. The molecule has 0 radical (unpaired) electrons. The first-order valence-corrected chi connectivity index (χ1v) is 6.16. The minimum atomic E-state index is -0.695. The van der Waals surface area contributed by atoms with Gasteiger partial charge < -0.3 is 14.6 Å². The number of hydrogen-bond acceptors (Lipinski definition) is 4. The highest BCUT2D eigenvalue weighted by Gasteiger charge is 2.14. The van der Waals surface area contributed by atoms with E-state index in [1.807, 2.05) is 30.3 Å². The Kier molecular flexibility index (Phi) is 4.75. The van der Waals surface area contributed by atoms with Gasteiger partial charge in [0.25, 0.3) is 0 Å². The summed E-state index contributed by atoms with van der Waals surface area (Å²) >= 11 is 0. The van der Waals surface area contributed by atoms with Gasteiger partial charge in [-0.3, -0.25) is 4.98 Å². The zero-order valence-electron chi connectivity index (χ0n) is 10.8. The van der Waals surface area contributed by atoms with Gasteiger partial charge in [-0.05, 0) is 24.3 Å². The molecule has 19 heavy (non-hydrogen) atoms. The number of aromatic nitrogens is 1. The van der Waals surface area contributed by atoms with Crippen molar-refractivity contribution < 1.29 is 14.6 Å². The van der Waals surface area contributed by atoms with Crippen LogP contribution < -0.4 is 9.47 Å². The fraction of sp³-hybridized carbons (Fsp3) is 0.267. The first-order chi connectivity index (χ1) is 9.31. The second-order valence-electron chi connectivity index (χ2n) is 4.06. The van der Waals surface area contributed by atoms with Crippen LogP contribution in [0.3, 0.4) is 0 Å². The van der Waals surface area contributed by atoms with Crippen LogP contribution in [-0.4, -0.2) is 23.8 Å². The zero-order chi connectivity index (χ0) is 13.5. The van der Waals surface area contributed by atoms with Gasteiger partial charge in [-0.25, -0.2) is 0 Å². The number of ether oxygens (including phenoxy) is 2. The highest BCUT2D eigenvalue weighted by Crippen LogP contribution is 2.24. The molecule has 1 N–H and O–H groups in total. The molecule has 2 aromatic rings. The Bertz CT molecular complexity index is 502. The van der Waals surface area contributed by atoms with Crippen LogP contribution in [0.25, 0.3) is 0 Å². The van der Waals surface area contributed by atoms with E-state index in [-0.39, 0.29) is 0 Å². The van der Waals surface area contributed by atoms with Crippen LogP contribution >= 0.6 is 0 Å². The minimum absolute atomic E-state index is 0.422. The number of nitrogens with zero attached hydrogens (tertiary/aromatic N) is 1. The number of rotatable bonds is 6. The van der Waals surface area contributed by atoms with Crippen LogP contribution in [0.4, 0.5) is 0 Å². The molecule has 0 aliphatic rings. The van der Waals surface area contributed by atoms with Crippen molar-refractivity contribution in [2.75, 3.05) is 13.7 Å². The first kappa shape index (κ1) is 13.4. The summed E-state index contributed by atoms with van der Waals surface area (Å²) in [6, 6.07) is 13.1. The van der Waals surface area contributed by atoms with Gasteiger partial charge in [0, 0.05) is 12.6 Å². The van der Waals surface area contributed by atoms with Gasteiger partial charge >= 0.3 is 0 Å². The number of pyridine rings is 1. The van der Waals surface area contributed by atoms with Crippen LogP contribution in [0.1, 0.15) is 18.2 Å². The van der Waals surface area contributed by atoms with E-state index in [4.69, 9.17) is 9.47 Å². The first-order valence-electron chi connectivity index (χ1n) is 6.16. The summed E-state index contributed by atoms with van der Waals surface area (Å²) in [4.78, 5) is 4.14. The van der Waals surface area contributed by atoms with Gasteiger partial charge in [0.05, 0.1) is 13.7 Å². The standard InChI is InChI=1S/C15H17NO3/c1-18-14-8-5-10-16-15(14)13(17)9-11-19-12-6-3-2-4-7-12/h2-8,10,13,17H,9,11H2,1H3. The predicted octanol–water partition coefficient (Wildman–Crippen LogP) is 2.59. The summed E-state index contributed by atoms with van der Waals surface area (Å²) in [5.41, 5.74) is 0.543. The summed E-state index contributed by atoms with van der Waals surface area (Å²) in [6.45, 7) is 0.422. The van der Waals surface area contributed by atoms with E-state index < -0.39 is 6.10 Å². The fourth-order valence-corrected chi connectivity index (χ4v) is 1.77. The second kappa shape index (κ2) is 6.75. The van der Waals surface area contributed by atoms with E-state index in [9.17, 15) is 5.11 Å². The monoisotopic (exact) mass is 259 g/mol. The Balaban J connectivity index is 1.89. The van der Waals surface area contributed by atoms with Crippen molar-refractivity contribution in [3.63, 3.8) is 0 Å². The van der Waals surface area contributed by atoms with Crippen molar-refractivity contribution in [1.29, 1.82) is 0 Å². The quantitative estimate of drug-likeness (QED) is 0.866. The zero-order valence-corrected chi connectivity index (χ0v) is 10.8. The van der Waals surface area contributed by atoms with Crippen LogP contribution in [0.5, 0.6) is 11.5 Å². The summed E-state index contributed by atoms with van der Waals surface area (Å²) in [5, 5.41) is 10.1. The number of methoxy groups -OCH3 is 1. The van der Waals surface area contributed by atoms with E-state index in [0.29, 0.717) is 24.5 Å². The maximum Gasteiger partial charge on any atom is 0.143 e. The van der Waals surface area contributed by atoms with Crippen molar-refractivity contribution >= 4 is 0 Å². The number of benzene rings is 1. The molecule has 1 atom stereocenters. The molecular weight excluding hydrogens is 242 g/mol. The van der Waals surface area contributed by atoms with Gasteiger partial charge in [0.2, 0.25) is 0 Å². The Labute approximate surface area is 112 Å². The highest BCUT2D eigenvalue weighted by molar-refractivity contribution is 5.28. The van der Waals surface area contributed by atoms with Crippen molar-refractivity contribution in [2.24, 2.45) is 0 Å². The average Bonchev–Trinajstić information content (AvgIpc) is 2.48. The molecular formula is C15H17NO3. The molecule has 1 aromatic heterocycles. The SMILES string of the molecule is COc1cccnc1C(O)CCOc1ccccc1. The van der Waals surface area contributed by atoms with Crippen LogP contribution in [-0.2, 0) is 0 Å². The average molecular weight is 259 g/mol.